The van der Waals surface area contributed by atoms with Crippen molar-refractivity contribution in [1.82, 2.24) is 30.2 Å². The summed E-state index contributed by atoms with van der Waals surface area (Å²) in [6.45, 7) is 94.9. The molecule has 0 spiro atoms. The van der Waals surface area contributed by atoms with Gasteiger partial charge in [-0.05, 0) is 326 Å². The lowest BCUT2D eigenvalue weighted by molar-refractivity contribution is -0.126. The number of nitrogens with zero attached hydrogens (tertiary/aromatic N) is 5. The van der Waals surface area contributed by atoms with Crippen molar-refractivity contribution < 1.29 is 85.9 Å². The first-order chi connectivity index (χ1) is 65.8. The number of ketones is 10. The number of hydrogen-bond acceptors (Lipinski definition) is 24. The van der Waals surface area contributed by atoms with E-state index in [2.05, 4.69) is 179 Å². The minimum absolute atomic E-state index is 0.00450. The zero-order valence-electron chi connectivity index (χ0n) is 92.9. The van der Waals surface area contributed by atoms with Crippen LogP contribution in [0.1, 0.15) is 314 Å². The zero-order chi connectivity index (χ0) is 109. The summed E-state index contributed by atoms with van der Waals surface area (Å²) in [5.74, 6) is 8.02. The molecular weight excluding hydrogens is 1770 g/mol. The molecule has 1 amide bonds. The molecule has 5 unspecified atom stereocenters. The highest BCUT2D eigenvalue weighted by molar-refractivity contribution is 5.98. The molecule has 25 heteroatoms. The summed E-state index contributed by atoms with van der Waals surface area (Å²) in [6.07, 6.45) is 33.5. The number of allylic oxidation sites excluding steroid dienone is 9. The molecule has 2 aliphatic carbocycles. The Hall–Kier alpha value is -7.86. The van der Waals surface area contributed by atoms with E-state index >= 15 is 0 Å². The van der Waals surface area contributed by atoms with Crippen LogP contribution in [0.25, 0.3) is 0 Å². The molecule has 7 atom stereocenters. The Labute approximate surface area is 853 Å². The fourth-order valence-electron chi connectivity index (χ4n) is 13.7. The molecule has 140 heavy (non-hydrogen) atoms. The van der Waals surface area contributed by atoms with Gasteiger partial charge in [0, 0.05) is 153 Å². The Morgan fingerprint density at radius 1 is 0.479 bits per heavy atom. The van der Waals surface area contributed by atoms with Gasteiger partial charge in [0.15, 0.2) is 52.0 Å². The lowest BCUT2D eigenvalue weighted by Crippen LogP contribution is -2.48. The second-order valence-corrected chi connectivity index (χ2v) is 38.5. The number of piperidine rings is 1. The van der Waals surface area contributed by atoms with Crippen LogP contribution < -0.4 is 10.6 Å². The molecule has 0 aromatic rings. The lowest BCUT2D eigenvalue weighted by atomic mass is 9.91. The van der Waals surface area contributed by atoms with Crippen LogP contribution in [-0.2, 0) is 85.9 Å². The van der Waals surface area contributed by atoms with Gasteiger partial charge in [0.1, 0.15) is 6.07 Å². The third kappa shape index (κ3) is 95.0. The van der Waals surface area contributed by atoms with Gasteiger partial charge >= 0.3 is 0 Å². The van der Waals surface area contributed by atoms with Gasteiger partial charge in [-0.1, -0.05) is 119 Å². The average molecular weight is 1970 g/mol. The summed E-state index contributed by atoms with van der Waals surface area (Å²) in [6, 6.07) is 4.83. The number of hydrogen-bond donors (Lipinski definition) is 2. The molecule has 2 saturated carbocycles. The van der Waals surface area contributed by atoms with E-state index < -0.39 is 0 Å². The van der Waals surface area contributed by atoms with E-state index in [0.29, 0.717) is 164 Å². The number of nitriles is 1. The Kier molecular flexibility index (Phi) is 99.5. The molecule has 804 valence electrons. The van der Waals surface area contributed by atoms with Gasteiger partial charge in [-0.15, -0.1) is 0 Å². The van der Waals surface area contributed by atoms with Crippen LogP contribution in [0.3, 0.4) is 0 Å². The molecule has 0 aromatic heterocycles. The smallest absolute Gasteiger partial charge is 0.245 e. The normalized spacial score (nSPS) is 16.4. The number of carbonyl (C=O) groups is 11. The van der Waals surface area contributed by atoms with Gasteiger partial charge in [0.2, 0.25) is 11.7 Å². The van der Waals surface area contributed by atoms with E-state index in [1.807, 2.05) is 90.0 Å². The largest absolute Gasteiger partial charge is 0.379 e. The van der Waals surface area contributed by atoms with E-state index in [1.54, 1.807) is 24.9 Å². The maximum atomic E-state index is 11.5. The van der Waals surface area contributed by atoms with Crippen LogP contribution in [0.2, 0.25) is 0 Å². The van der Waals surface area contributed by atoms with Gasteiger partial charge < -0.3 is 58.5 Å². The molecule has 4 fully saturated rings. The fourth-order valence-corrected chi connectivity index (χ4v) is 13.7. The molecule has 25 nitrogen and oxygen atoms in total. The van der Waals surface area contributed by atoms with E-state index in [1.165, 1.54) is 93.3 Å². The van der Waals surface area contributed by atoms with E-state index in [0.717, 1.165) is 97.3 Å². The fraction of sp³-hybridized carbons (Fsp3) is 0.704. The summed E-state index contributed by atoms with van der Waals surface area (Å²) < 4.78 is 37.6. The summed E-state index contributed by atoms with van der Waals surface area (Å²) in [5.41, 5.74) is 0.0320. The van der Waals surface area contributed by atoms with Gasteiger partial charge in [-0.2, -0.15) is 5.26 Å². The first-order valence-electron chi connectivity index (χ1n) is 51.5. The van der Waals surface area contributed by atoms with Crippen LogP contribution in [0.4, 0.5) is 0 Å². The Bertz CT molecular complexity index is 3510. The highest BCUT2D eigenvalue weighted by Gasteiger charge is 2.32. The van der Waals surface area contributed by atoms with Gasteiger partial charge in [0.05, 0.1) is 68.1 Å². The van der Waals surface area contributed by atoms with Gasteiger partial charge in [-0.3, -0.25) is 57.6 Å². The second-order valence-electron chi connectivity index (χ2n) is 38.5. The van der Waals surface area contributed by atoms with Crippen molar-refractivity contribution in [3.05, 3.63) is 126 Å². The minimum Gasteiger partial charge on any atom is -0.379 e. The van der Waals surface area contributed by atoms with Crippen molar-refractivity contribution in [2.45, 2.75) is 393 Å². The van der Waals surface area contributed by atoms with Crippen LogP contribution in [-0.4, -0.2) is 268 Å². The van der Waals surface area contributed by atoms with Crippen molar-refractivity contribution >= 4 is 63.7 Å². The van der Waals surface area contributed by atoms with Crippen molar-refractivity contribution in [1.29, 1.82) is 5.26 Å². The second kappa shape index (κ2) is 96.0. The zero-order valence-corrected chi connectivity index (χ0v) is 92.9. The number of morpholine rings is 1. The van der Waals surface area contributed by atoms with Gasteiger partial charge in [0.25, 0.3) is 0 Å². The predicted molar refractivity (Wildman–Crippen MR) is 580 cm³/mol. The van der Waals surface area contributed by atoms with Crippen molar-refractivity contribution in [2.75, 3.05) is 106 Å². The number of nitrogens with one attached hydrogen (secondary N) is 2. The molecule has 2 aliphatic heterocycles. The Morgan fingerprint density at radius 2 is 0.950 bits per heavy atom. The standard InChI is InChI=1S/C12H21NO2.2C12H21NO.C12H20O2.C10H15NO2.C10H19NO.C10H18O2.C10H16O2.C9H17NO2.C9H17NO.C9H16O2/c1-4-12(14)6-5-11-9-15-8-7-13(11)10(2)3;1-4-12(14)8-11-6-5-7-13(9-11)10(2)3;1-4-12(14)11-7-5-6-10(11)8-13-9(2)3;1-4-11(13)8-10-6-5-7-12(10)14-9(2)3;1-8(2)13-6-4-5-10(12)9(3)7-11;1-5-10(12)7-6-8-11(4)9(2)3;1-5-10(11)6-9(4)7-12-8(2)3;1-4-6-10(11)7-5-8-12-9(2)3;1-5-9(11)10(4)6-7-12-8(2)3;1-4-9(11)6-5-7-10-8(2)3;1-4-9(10)6-5-7-11-8(2)3/h4,10-11H,1,5-9H2,2-3H3;4,10-11H,1,5-9H2,2-3H3;4,9-11,13H,1,5-8H2,2-3H3;4,9-10,12H,1,5-8H2,2-3H3;8H,3-6H2,1-2H3;5,9H,1,6-8H2,2-4H3;5,8-9H,1,6-7H2,2-4H3;9H,5,7-8H2,1-3H3;5,8H,1,6-7H2,2-4H3;4,8,10H,1,5-7H2,2-3H3;4,8H,1,5-7H2,2-3H3/t;11-;;;;;9-;;;;/m.1....1..../s1. The highest BCUT2D eigenvalue weighted by Crippen LogP contribution is 2.33. The number of likely N-dealkylation sites (N-methyl/N-ethyl adjacent to an activating group) is 1. The third-order valence-corrected chi connectivity index (χ3v) is 22.0. The summed E-state index contributed by atoms with van der Waals surface area (Å²) in [4.78, 5) is 130. The molecular formula is C115H201N7O18. The first kappa shape index (κ1) is 145. The summed E-state index contributed by atoms with van der Waals surface area (Å²) in [7, 11) is 3.80. The maximum Gasteiger partial charge on any atom is 0.245 e. The Morgan fingerprint density at radius 3 is 1.41 bits per heavy atom. The molecule has 2 N–H and O–H groups in total. The SMILES string of the molecule is C=C(C#N)C(=O)CCCOC(C)C.C=CC(=O)C1CCCC1CNC(C)C.C=CC(=O)CC1CCCC1OC(C)C.C=CC(=O)CCC1COCCN1C(C)C.C=CC(=O)CCCN(C)C(C)C.C=CC(=O)CCCNC(C)C.C=CC(=O)CCCOC(C)C.C=CC(=O)C[C@@H](C)COC(C)C.C=CC(=O)C[C@H]1CCCN(C(C)C)C1.C=CC(=O)N(C)CCOC(C)C.CC#CC(=O)CCCOC(C)C. The molecule has 4 rings (SSSR count). The number of ether oxygens (including phenoxy) is 7. The monoisotopic (exact) mass is 1970 g/mol. The molecule has 0 bridgehead atoms. The van der Waals surface area contributed by atoms with Crippen LogP contribution in [0.5, 0.6) is 0 Å². The van der Waals surface area contributed by atoms with Crippen LogP contribution in [0.15, 0.2) is 126 Å². The van der Waals surface area contributed by atoms with Crippen molar-refractivity contribution in [3.8, 4) is 17.9 Å². The van der Waals surface area contributed by atoms with Crippen molar-refractivity contribution in [2.24, 2.45) is 29.6 Å². The molecule has 2 saturated heterocycles. The van der Waals surface area contributed by atoms with Crippen LogP contribution >= 0.6 is 0 Å². The highest BCUT2D eigenvalue weighted by atomic mass is 16.5. The number of carbonyl (C=O) groups excluding carboxylic acids is 11. The van der Waals surface area contributed by atoms with Gasteiger partial charge in [-0.25, -0.2) is 0 Å². The average Bonchev–Trinajstić information content (AvgIpc) is 1.71. The summed E-state index contributed by atoms with van der Waals surface area (Å²) >= 11 is 0. The minimum atomic E-state index is -0.185. The van der Waals surface area contributed by atoms with E-state index in [-0.39, 0.29) is 118 Å². The molecule has 2 heterocycles. The number of likely N-dealkylation sites (tertiary alicyclic amines) is 1. The lowest BCUT2D eigenvalue weighted by Gasteiger charge is -2.38. The topological polar surface area (TPSA) is 313 Å². The van der Waals surface area contributed by atoms with E-state index in [4.69, 9.17) is 38.4 Å². The Balaban J connectivity index is -0.000000278. The van der Waals surface area contributed by atoms with E-state index in [9.17, 15) is 52.7 Å². The molecule has 0 radical (unpaired) electrons. The molecule has 4 aliphatic rings. The number of amides is 1. The quantitative estimate of drug-likeness (QED) is 0.0188. The first-order valence-corrected chi connectivity index (χ1v) is 51.5. The summed E-state index contributed by atoms with van der Waals surface area (Å²) in [5, 5.41) is 15.0. The van der Waals surface area contributed by atoms with Crippen LogP contribution in [0, 0.1) is 52.8 Å². The third-order valence-electron chi connectivity index (χ3n) is 22.0. The maximum absolute atomic E-state index is 11.5. The predicted octanol–water partition coefficient (Wildman–Crippen LogP) is 21.0. The number of rotatable bonds is 59. The number of Topliss-reactive ketones (excluding diaryl/α,β-unsaturated/α-hetero) is 2. The van der Waals surface area contributed by atoms with Crippen molar-refractivity contribution in [3.63, 3.8) is 0 Å². The molecule has 0 aromatic carbocycles.